The molecule has 2 aliphatic heterocycles. The van der Waals surface area contributed by atoms with Crippen molar-refractivity contribution in [1.82, 2.24) is 70.7 Å². The van der Waals surface area contributed by atoms with Gasteiger partial charge in [-0.2, -0.15) is 10.2 Å². The van der Waals surface area contributed by atoms with Crippen LogP contribution in [0.2, 0.25) is 0 Å². The Morgan fingerprint density at radius 3 is 1.32 bits per heavy atom. The molecule has 9 N–H and O–H groups in total. The van der Waals surface area contributed by atoms with Gasteiger partial charge < -0.3 is 52.4 Å². The summed E-state index contributed by atoms with van der Waals surface area (Å²) in [6.07, 6.45) is 15.8. The number of hydrogen-bond acceptors (Lipinski definition) is 19. The summed E-state index contributed by atoms with van der Waals surface area (Å²) in [7, 11) is 0. The molecular formula is C84H88F2N18O7. The molecule has 2 saturated heterocycles. The van der Waals surface area contributed by atoms with Gasteiger partial charge in [0.2, 0.25) is 11.9 Å². The van der Waals surface area contributed by atoms with E-state index in [1.165, 1.54) is 12.1 Å². The van der Waals surface area contributed by atoms with Gasteiger partial charge in [0.1, 0.15) is 17.9 Å². The van der Waals surface area contributed by atoms with Gasteiger partial charge in [0.25, 0.3) is 23.6 Å². The Kier molecular flexibility index (Phi) is 26.6. The van der Waals surface area contributed by atoms with Crippen LogP contribution in [0, 0.1) is 11.6 Å². The number of ether oxygens (including phenoxy) is 2. The molecule has 111 heavy (non-hydrogen) atoms. The van der Waals surface area contributed by atoms with E-state index in [9.17, 15) is 28.4 Å². The van der Waals surface area contributed by atoms with Crippen molar-refractivity contribution in [3.8, 4) is 22.3 Å². The molecule has 25 nitrogen and oxygen atoms in total. The van der Waals surface area contributed by atoms with Crippen LogP contribution in [0.4, 0.5) is 32.1 Å². The van der Waals surface area contributed by atoms with Crippen molar-refractivity contribution in [3.05, 3.63) is 261 Å². The van der Waals surface area contributed by atoms with E-state index in [2.05, 4.69) is 74.3 Å². The van der Waals surface area contributed by atoms with E-state index in [0.29, 0.717) is 133 Å². The molecule has 0 spiro atoms. The van der Waals surface area contributed by atoms with Crippen LogP contribution >= 0.6 is 0 Å². The van der Waals surface area contributed by atoms with Gasteiger partial charge in [-0.15, -0.1) is 0 Å². The Hall–Kier alpha value is -12.8. The van der Waals surface area contributed by atoms with E-state index >= 15 is 4.39 Å². The second-order valence-electron chi connectivity index (χ2n) is 26.5. The number of rotatable bonds is 26. The fraction of sp³-hybridized carbons (Fsp3) is 0.274. The fourth-order valence-corrected chi connectivity index (χ4v) is 13.2. The molecule has 6 aromatic heterocycles. The van der Waals surface area contributed by atoms with Crippen LogP contribution in [-0.2, 0) is 68.1 Å². The number of nitrogens with two attached hydrogens (primary N) is 1. The lowest BCUT2D eigenvalue weighted by molar-refractivity contribution is 0.0903. The van der Waals surface area contributed by atoms with Crippen molar-refractivity contribution in [3.63, 3.8) is 0 Å². The molecule has 0 bridgehead atoms. The molecule has 0 unspecified atom stereocenters. The first kappa shape index (κ1) is 77.9. The number of aldehydes is 1. The van der Waals surface area contributed by atoms with Gasteiger partial charge in [0, 0.05) is 171 Å². The number of halogens is 2. The van der Waals surface area contributed by atoms with Crippen LogP contribution in [0.1, 0.15) is 144 Å². The van der Waals surface area contributed by atoms with Crippen LogP contribution in [0.25, 0.3) is 44.3 Å². The summed E-state index contributed by atoms with van der Waals surface area (Å²) < 4.78 is 44.7. The first-order chi connectivity index (χ1) is 54.2. The van der Waals surface area contributed by atoms with Gasteiger partial charge in [-0.1, -0.05) is 74.5 Å². The zero-order chi connectivity index (χ0) is 77.6. The molecule has 4 amide bonds. The number of amides is 4. The van der Waals surface area contributed by atoms with Crippen LogP contribution in [0.3, 0.4) is 0 Å². The highest BCUT2D eigenvalue weighted by molar-refractivity contribution is 6.01. The maximum absolute atomic E-state index is 15.1. The molecule has 570 valence electrons. The van der Waals surface area contributed by atoms with Crippen molar-refractivity contribution in [2.75, 3.05) is 48.1 Å². The molecular weight excluding hydrogens is 1410 g/mol. The summed E-state index contributed by atoms with van der Waals surface area (Å²) in [6, 6.07) is 40.7. The number of carbonyl (C=O) groups excluding carboxylic acids is 5. The molecule has 14 rings (SSSR count). The maximum Gasteiger partial charge on any atom is 0.251 e. The summed E-state index contributed by atoms with van der Waals surface area (Å²) in [5.41, 5.74) is 18.4. The highest BCUT2D eigenvalue weighted by Gasteiger charge is 2.26. The van der Waals surface area contributed by atoms with Crippen molar-refractivity contribution < 1.29 is 42.2 Å². The Balaban J connectivity index is 0.000000190. The Bertz CT molecular complexity index is 5250. The third-order valence-electron chi connectivity index (χ3n) is 19.1. The number of anilines is 4. The number of hydrogen-bond donors (Lipinski definition) is 8. The first-order valence-electron chi connectivity index (χ1n) is 37.2. The number of nitrogens with one attached hydrogen (secondary N) is 7. The van der Waals surface area contributed by atoms with Gasteiger partial charge in [-0.05, 0) is 165 Å². The highest BCUT2D eigenvalue weighted by atomic mass is 19.1. The van der Waals surface area contributed by atoms with Gasteiger partial charge >= 0.3 is 0 Å². The average molecular weight is 1500 g/mol. The highest BCUT2D eigenvalue weighted by Crippen LogP contribution is 2.34. The van der Waals surface area contributed by atoms with Crippen molar-refractivity contribution in [1.29, 1.82) is 0 Å². The van der Waals surface area contributed by atoms with Crippen LogP contribution < -0.4 is 43.0 Å². The number of nitrogen functional groups attached to an aromatic ring is 1. The Morgan fingerprint density at radius 2 is 0.901 bits per heavy atom. The Morgan fingerprint density at radius 1 is 0.486 bits per heavy atom. The number of pyridine rings is 2. The second kappa shape index (κ2) is 37.9. The van der Waals surface area contributed by atoms with Crippen molar-refractivity contribution in [2.24, 2.45) is 0 Å². The zero-order valence-electron chi connectivity index (χ0n) is 62.2. The van der Waals surface area contributed by atoms with E-state index in [-0.39, 0.29) is 67.7 Å². The summed E-state index contributed by atoms with van der Waals surface area (Å²) in [6.45, 7) is 13.6. The number of carbonyl (C=O) groups is 5. The summed E-state index contributed by atoms with van der Waals surface area (Å²) in [5.74, 6) is -1.32. The quantitative estimate of drug-likeness (QED) is 0.0234. The summed E-state index contributed by atoms with van der Waals surface area (Å²) >= 11 is 0. The molecule has 12 aromatic rings. The number of nitrogens with zero attached hydrogens (tertiary/aromatic N) is 10. The summed E-state index contributed by atoms with van der Waals surface area (Å²) in [4.78, 5) is 90.3. The molecule has 8 heterocycles. The van der Waals surface area contributed by atoms with E-state index in [1.807, 2.05) is 66.8 Å². The summed E-state index contributed by atoms with van der Waals surface area (Å²) in [5, 5.41) is 33.5. The lowest BCUT2D eigenvalue weighted by Crippen LogP contribution is -2.30. The van der Waals surface area contributed by atoms with E-state index < -0.39 is 5.82 Å². The largest absolute Gasteiger partial charge is 0.381 e. The maximum atomic E-state index is 15.1. The minimum absolute atomic E-state index is 0.142. The number of fused-ring (bicyclic) bond motifs is 2. The molecule has 0 aliphatic carbocycles. The third kappa shape index (κ3) is 20.0. The first-order valence-corrected chi connectivity index (χ1v) is 37.2. The van der Waals surface area contributed by atoms with E-state index in [0.717, 1.165) is 92.8 Å². The minimum Gasteiger partial charge on any atom is -0.381 e. The molecule has 2 fully saturated rings. The number of aryl methyl sites for hydroxylation is 4. The SMILES string of the molecule is CCc1nc2c(cnn2CC)c(NC2CCOCC2)c1CNC(=O)c1cccc(C(=O)NCc2ccc(F)c(-c3cccc(C=O)c3)c2)c1.CCc1nc2c(cnn2CC)c(NC2CCOCC2)c1CNC(=O)c1cccc(C(=O)NCc2ccc(F)c(-c3cccc(CNc4ncccn4)c3)c2)c1.Nc1ncccn1. The Labute approximate surface area is 641 Å². The zero-order valence-corrected chi connectivity index (χ0v) is 62.2. The number of aromatic nitrogens is 10. The minimum atomic E-state index is -0.430. The predicted octanol–water partition coefficient (Wildman–Crippen LogP) is 12.8. The third-order valence-corrected chi connectivity index (χ3v) is 19.1. The molecule has 0 radical (unpaired) electrons. The molecule has 0 atom stereocenters. The van der Waals surface area contributed by atoms with Crippen LogP contribution in [0.15, 0.2) is 183 Å². The smallest absolute Gasteiger partial charge is 0.251 e. The average Bonchev–Trinajstić information content (AvgIpc) is 1.67. The molecule has 6 aromatic carbocycles. The number of benzene rings is 6. The predicted molar refractivity (Wildman–Crippen MR) is 423 cm³/mol. The van der Waals surface area contributed by atoms with E-state index in [4.69, 9.17) is 25.2 Å². The molecule has 0 saturated carbocycles. The molecule has 27 heteroatoms. The molecule has 2 aliphatic rings. The standard InChI is InChI=1S/C42H44FN9O3.C38H39FN6O4.C4H5N3/c1-3-37-34(38(50-32-14-18-55-19-15-32)35-26-49-52(4-2)39(35)51-37)25-47-41(54)31-11-6-10-30(22-31)40(53)46-23-28-12-13-36(43)33(21-28)29-9-5-8-27(20-29)24-48-42-44-16-7-17-45-42;1-3-34-31(35(43-29-13-15-49-16-14-29)32-22-42-45(4-2)36(32)44-34)21-41-38(48)28-10-6-9-27(19-28)37(47)40-20-24-11-12-33(39)30(18-24)26-8-5-7-25(17-26)23-46;5-4-6-2-1-3-7-4/h5-13,16-17,20-22,26,32H,3-4,14-15,18-19,23-25H2,1-2H3,(H,46,53)(H,47,54)(H,50,51)(H,44,45,48);5-12,17-19,22-23,29H,3-4,13-16,20-21H2,1-2H3,(H,40,47)(H,41,48)(H,43,44);1-3H,(H2,5,6,7). The van der Waals surface area contributed by atoms with E-state index in [1.54, 1.807) is 134 Å². The van der Waals surface area contributed by atoms with Crippen molar-refractivity contribution in [2.45, 2.75) is 124 Å². The van der Waals surface area contributed by atoms with Gasteiger partial charge in [-0.3, -0.25) is 24.0 Å². The van der Waals surface area contributed by atoms with Crippen molar-refractivity contribution >= 4 is 75.3 Å². The normalized spacial score (nSPS) is 12.9. The second-order valence-corrected chi connectivity index (χ2v) is 26.5. The lowest BCUT2D eigenvalue weighted by atomic mass is 10.00. The topological polar surface area (TPSA) is 327 Å². The van der Waals surface area contributed by atoms with Gasteiger partial charge in [-0.25, -0.2) is 48.0 Å². The van der Waals surface area contributed by atoms with Gasteiger partial charge in [0.05, 0.1) is 34.5 Å². The van der Waals surface area contributed by atoms with Gasteiger partial charge in [0.15, 0.2) is 11.3 Å². The van der Waals surface area contributed by atoms with Crippen LogP contribution in [-0.4, -0.2) is 118 Å². The lowest BCUT2D eigenvalue weighted by Gasteiger charge is -2.26. The van der Waals surface area contributed by atoms with Crippen LogP contribution in [0.5, 0.6) is 0 Å². The monoisotopic (exact) mass is 1500 g/mol. The fourth-order valence-electron chi connectivity index (χ4n) is 13.2.